The van der Waals surface area contributed by atoms with E-state index < -0.39 is 18.2 Å². The molecule has 0 saturated heterocycles. The van der Waals surface area contributed by atoms with E-state index in [1.54, 1.807) is 25.1 Å². The van der Waals surface area contributed by atoms with Gasteiger partial charge in [0.1, 0.15) is 34.7 Å². The molecule has 0 unspecified atom stereocenters. The van der Waals surface area contributed by atoms with Crippen molar-refractivity contribution in [3.05, 3.63) is 47.3 Å². The van der Waals surface area contributed by atoms with E-state index in [0.29, 0.717) is 34.0 Å². The molecule has 3 aromatic rings. The van der Waals surface area contributed by atoms with E-state index in [9.17, 15) is 15.0 Å². The molecule has 2 fully saturated rings. The normalized spacial score (nSPS) is 18.0. The first-order valence-electron chi connectivity index (χ1n) is 12.1. The van der Waals surface area contributed by atoms with Gasteiger partial charge < -0.3 is 24.4 Å². The van der Waals surface area contributed by atoms with Crippen LogP contribution < -0.4 is 9.47 Å². The summed E-state index contributed by atoms with van der Waals surface area (Å²) >= 11 is 0. The maximum atomic E-state index is 11.6. The number of methoxy groups -OCH3 is 2. The number of aliphatic hydroxyl groups is 1. The first-order chi connectivity index (χ1) is 17.0. The van der Waals surface area contributed by atoms with Crippen LogP contribution in [0.1, 0.15) is 72.0 Å². The van der Waals surface area contributed by atoms with Gasteiger partial charge >= 0.3 is 5.97 Å². The highest BCUT2D eigenvalue weighted by atomic mass is 16.5. The zero-order chi connectivity index (χ0) is 24.5. The molecule has 0 aliphatic heterocycles. The van der Waals surface area contributed by atoms with Crippen LogP contribution in [0.4, 0.5) is 0 Å². The van der Waals surface area contributed by atoms with Gasteiger partial charge in [-0.2, -0.15) is 5.10 Å². The molecule has 5 rings (SSSR count). The Morgan fingerprint density at radius 3 is 2.43 bits per heavy atom. The molecule has 35 heavy (non-hydrogen) atoms. The van der Waals surface area contributed by atoms with Crippen molar-refractivity contribution in [1.82, 2.24) is 14.8 Å². The highest BCUT2D eigenvalue weighted by Crippen LogP contribution is 2.49. The number of nitrogens with zero attached hydrogens (tertiary/aromatic N) is 3. The summed E-state index contributed by atoms with van der Waals surface area (Å²) in [5.74, 6) is 0.779. The zero-order valence-electron chi connectivity index (χ0n) is 20.0. The highest BCUT2D eigenvalue weighted by Gasteiger charge is 2.33. The van der Waals surface area contributed by atoms with Gasteiger partial charge in [0.2, 0.25) is 0 Å². The van der Waals surface area contributed by atoms with Gasteiger partial charge in [0, 0.05) is 11.8 Å². The first kappa shape index (κ1) is 23.6. The summed E-state index contributed by atoms with van der Waals surface area (Å²) in [6.07, 6.45) is 7.92. The topological polar surface area (TPSA) is 116 Å². The number of carboxylic acids is 1. The third kappa shape index (κ3) is 4.83. The number of aromatic nitrogens is 3. The van der Waals surface area contributed by atoms with E-state index in [0.717, 1.165) is 44.1 Å². The second kappa shape index (κ2) is 9.83. The number of hydrogen-bond acceptors (Lipinski definition) is 7. The van der Waals surface area contributed by atoms with Gasteiger partial charge in [-0.3, -0.25) is 9.67 Å². The maximum Gasteiger partial charge on any atom is 0.338 e. The average molecular weight is 482 g/mol. The Hall–Kier alpha value is -3.17. The van der Waals surface area contributed by atoms with Crippen molar-refractivity contribution in [1.29, 1.82) is 0 Å². The molecule has 2 aromatic heterocycles. The van der Waals surface area contributed by atoms with Crippen LogP contribution in [0, 0.1) is 0 Å². The molecule has 2 aliphatic carbocycles. The van der Waals surface area contributed by atoms with Crippen molar-refractivity contribution < 1.29 is 29.2 Å². The number of fused-ring (bicyclic) bond motifs is 1. The summed E-state index contributed by atoms with van der Waals surface area (Å²) in [5.41, 5.74) is 2.58. The summed E-state index contributed by atoms with van der Waals surface area (Å²) in [7, 11) is 3.26. The largest absolute Gasteiger partial charge is 0.496 e. The molecule has 2 aliphatic rings. The third-order valence-corrected chi connectivity index (χ3v) is 6.96. The third-order valence-electron chi connectivity index (χ3n) is 6.96. The SMILES string of the molecule is COc1cc([C@@H](O)[C@H](Cn2cc3nccc(C(=O)O)c3n2)OC2CCCC2)cc(OC)c1C1CC1. The van der Waals surface area contributed by atoms with E-state index in [4.69, 9.17) is 14.2 Å². The van der Waals surface area contributed by atoms with Crippen molar-refractivity contribution in [3.8, 4) is 11.5 Å². The van der Waals surface area contributed by atoms with Crippen LogP contribution in [0.3, 0.4) is 0 Å². The van der Waals surface area contributed by atoms with Crippen molar-refractivity contribution in [2.24, 2.45) is 0 Å². The van der Waals surface area contributed by atoms with Crippen molar-refractivity contribution >= 4 is 17.0 Å². The molecule has 0 bridgehead atoms. The molecular weight excluding hydrogens is 450 g/mol. The molecule has 9 nitrogen and oxygen atoms in total. The van der Waals surface area contributed by atoms with Gasteiger partial charge in [-0.25, -0.2) is 4.79 Å². The Balaban J connectivity index is 1.48. The number of ether oxygens (including phenoxy) is 3. The fourth-order valence-corrected chi connectivity index (χ4v) is 5.03. The number of carbonyl (C=O) groups is 1. The Kier molecular flexibility index (Phi) is 6.62. The van der Waals surface area contributed by atoms with Crippen LogP contribution in [-0.2, 0) is 11.3 Å². The van der Waals surface area contributed by atoms with Gasteiger partial charge in [0.25, 0.3) is 0 Å². The summed E-state index contributed by atoms with van der Waals surface area (Å²) in [4.78, 5) is 15.9. The Morgan fingerprint density at radius 1 is 1.14 bits per heavy atom. The number of pyridine rings is 1. The van der Waals surface area contributed by atoms with Crippen LogP contribution in [0.15, 0.2) is 30.6 Å². The molecule has 0 spiro atoms. The molecule has 186 valence electrons. The number of rotatable bonds is 10. The molecule has 2 heterocycles. The molecule has 9 heteroatoms. The first-order valence-corrected chi connectivity index (χ1v) is 12.1. The van der Waals surface area contributed by atoms with Gasteiger partial charge in [-0.1, -0.05) is 12.8 Å². The maximum absolute atomic E-state index is 11.6. The summed E-state index contributed by atoms with van der Waals surface area (Å²) < 4.78 is 19.4. The lowest BCUT2D eigenvalue weighted by molar-refractivity contribution is -0.0845. The number of hydrogen-bond donors (Lipinski definition) is 2. The minimum absolute atomic E-state index is 0.0573. The molecule has 0 amide bonds. The minimum atomic E-state index is -1.06. The number of aliphatic hydroxyl groups excluding tert-OH is 1. The quantitative estimate of drug-likeness (QED) is 0.445. The zero-order valence-corrected chi connectivity index (χ0v) is 20.0. The lowest BCUT2D eigenvalue weighted by atomic mass is 9.98. The van der Waals surface area contributed by atoms with Gasteiger partial charge in [0.05, 0.1) is 38.6 Å². The monoisotopic (exact) mass is 481 g/mol. The Bertz CT molecular complexity index is 1190. The second-order valence-corrected chi connectivity index (χ2v) is 9.39. The van der Waals surface area contributed by atoms with E-state index in [2.05, 4.69) is 10.1 Å². The van der Waals surface area contributed by atoms with E-state index in [1.165, 1.54) is 12.3 Å². The highest BCUT2D eigenvalue weighted by molar-refractivity contribution is 6.00. The van der Waals surface area contributed by atoms with Gasteiger partial charge in [-0.05, 0) is 55.4 Å². The van der Waals surface area contributed by atoms with Gasteiger partial charge in [-0.15, -0.1) is 0 Å². The van der Waals surface area contributed by atoms with E-state index in [-0.39, 0.29) is 18.2 Å². The lowest BCUT2D eigenvalue weighted by Gasteiger charge is -2.28. The van der Waals surface area contributed by atoms with Crippen LogP contribution in [0.2, 0.25) is 0 Å². The predicted octanol–water partition coefficient (Wildman–Crippen LogP) is 4.09. The standard InChI is InChI=1S/C26H31N3O6/c1-33-20-11-16(12-21(34-2)23(20)15-7-8-15)25(30)22(35-17-5-3-4-6-17)14-29-13-19-24(28-29)18(26(31)32)9-10-27-19/h9-13,15,17,22,25,30H,3-8,14H2,1-2H3,(H,31,32)/t22-,25+/m0/s1. The summed E-state index contributed by atoms with van der Waals surface area (Å²) in [5, 5.41) is 25.5. The average Bonchev–Trinajstić information content (AvgIpc) is 3.40. The smallest absolute Gasteiger partial charge is 0.338 e. The predicted molar refractivity (Wildman–Crippen MR) is 128 cm³/mol. The second-order valence-electron chi connectivity index (χ2n) is 9.39. The Morgan fingerprint density at radius 2 is 1.83 bits per heavy atom. The van der Waals surface area contributed by atoms with Gasteiger partial charge in [0.15, 0.2) is 0 Å². The van der Waals surface area contributed by atoms with Crippen LogP contribution in [0.25, 0.3) is 11.0 Å². The molecule has 2 atom stereocenters. The molecule has 1 aromatic carbocycles. The molecule has 2 saturated carbocycles. The van der Waals surface area contributed by atoms with Crippen LogP contribution >= 0.6 is 0 Å². The van der Waals surface area contributed by atoms with Crippen molar-refractivity contribution in [3.63, 3.8) is 0 Å². The molecule has 0 radical (unpaired) electrons. The van der Waals surface area contributed by atoms with Crippen molar-refractivity contribution in [2.75, 3.05) is 14.2 Å². The minimum Gasteiger partial charge on any atom is -0.496 e. The van der Waals surface area contributed by atoms with Crippen molar-refractivity contribution in [2.45, 2.75) is 69.3 Å². The Labute approximate surface area is 203 Å². The van der Waals surface area contributed by atoms with Crippen LogP contribution in [-0.4, -0.2) is 57.4 Å². The number of aromatic carboxylic acids is 1. The number of carboxylic acid groups (broad SMARTS) is 1. The number of benzene rings is 1. The molecule has 2 N–H and O–H groups in total. The fraction of sp³-hybridized carbons (Fsp3) is 0.500. The summed E-state index contributed by atoms with van der Waals surface area (Å²) in [6, 6.07) is 5.17. The van der Waals surface area contributed by atoms with E-state index in [1.807, 2.05) is 12.1 Å². The summed E-state index contributed by atoms with van der Waals surface area (Å²) in [6.45, 7) is 0.238. The fourth-order valence-electron chi connectivity index (χ4n) is 5.03. The molecular formula is C26H31N3O6. The van der Waals surface area contributed by atoms with Crippen LogP contribution in [0.5, 0.6) is 11.5 Å². The lowest BCUT2D eigenvalue weighted by Crippen LogP contribution is -2.31. The van der Waals surface area contributed by atoms with E-state index >= 15 is 0 Å².